The lowest BCUT2D eigenvalue weighted by atomic mass is 10.1. The average Bonchev–Trinajstić information content (AvgIpc) is 2.63. The molecule has 2 nitrogen and oxygen atoms in total. The number of halogens is 2. The van der Waals surface area contributed by atoms with E-state index in [4.69, 9.17) is 0 Å². The van der Waals surface area contributed by atoms with Crippen LogP contribution in [0.4, 0.5) is 4.39 Å². The SMILES string of the molecule is Cl.O[C@H]1CNC[C@@H]1CSc1ccc(F)cc1. The number of benzene rings is 1. The van der Waals surface area contributed by atoms with Crippen molar-refractivity contribution in [3.05, 3.63) is 30.1 Å². The molecule has 16 heavy (non-hydrogen) atoms. The van der Waals surface area contributed by atoms with Crippen molar-refractivity contribution in [2.24, 2.45) is 5.92 Å². The van der Waals surface area contributed by atoms with E-state index in [0.717, 1.165) is 17.2 Å². The van der Waals surface area contributed by atoms with Gasteiger partial charge in [0.25, 0.3) is 0 Å². The molecule has 0 bridgehead atoms. The molecular weight excluding hydrogens is 249 g/mol. The highest BCUT2D eigenvalue weighted by Crippen LogP contribution is 2.23. The molecule has 0 aromatic heterocycles. The number of β-amino-alcohol motifs (C(OH)–C–C–N with tert-alkyl or cyclic N) is 1. The van der Waals surface area contributed by atoms with Crippen LogP contribution < -0.4 is 5.32 Å². The van der Waals surface area contributed by atoms with E-state index in [-0.39, 0.29) is 24.3 Å². The van der Waals surface area contributed by atoms with Gasteiger partial charge in [-0.2, -0.15) is 0 Å². The number of hydrogen-bond donors (Lipinski definition) is 2. The predicted molar refractivity (Wildman–Crippen MR) is 66.7 cm³/mol. The topological polar surface area (TPSA) is 32.3 Å². The van der Waals surface area contributed by atoms with Crippen LogP contribution >= 0.6 is 24.2 Å². The van der Waals surface area contributed by atoms with Crippen molar-refractivity contribution in [1.29, 1.82) is 0 Å². The summed E-state index contributed by atoms with van der Waals surface area (Å²) in [5.74, 6) is 0.974. The first-order valence-electron chi connectivity index (χ1n) is 5.03. The molecule has 1 heterocycles. The van der Waals surface area contributed by atoms with Crippen molar-refractivity contribution in [2.45, 2.75) is 11.0 Å². The fourth-order valence-electron chi connectivity index (χ4n) is 1.62. The number of aliphatic hydroxyl groups is 1. The molecule has 90 valence electrons. The normalized spacial score (nSPS) is 24.1. The van der Waals surface area contributed by atoms with E-state index in [9.17, 15) is 9.50 Å². The molecule has 0 saturated carbocycles. The van der Waals surface area contributed by atoms with E-state index in [1.54, 1.807) is 23.9 Å². The Labute approximate surface area is 105 Å². The first-order valence-corrected chi connectivity index (χ1v) is 6.01. The van der Waals surface area contributed by atoms with E-state index in [1.165, 1.54) is 12.1 Å². The van der Waals surface area contributed by atoms with Gasteiger partial charge >= 0.3 is 0 Å². The Morgan fingerprint density at radius 3 is 2.56 bits per heavy atom. The van der Waals surface area contributed by atoms with Crippen molar-refractivity contribution in [2.75, 3.05) is 18.8 Å². The summed E-state index contributed by atoms with van der Waals surface area (Å²) in [7, 11) is 0. The van der Waals surface area contributed by atoms with Crippen LogP contribution in [-0.2, 0) is 0 Å². The molecule has 1 aromatic rings. The molecule has 1 aliphatic heterocycles. The van der Waals surface area contributed by atoms with Crippen molar-refractivity contribution >= 4 is 24.2 Å². The van der Waals surface area contributed by atoms with Crippen LogP contribution in [0.25, 0.3) is 0 Å². The van der Waals surface area contributed by atoms with Crippen LogP contribution in [-0.4, -0.2) is 30.1 Å². The molecule has 1 saturated heterocycles. The van der Waals surface area contributed by atoms with E-state index < -0.39 is 0 Å². The van der Waals surface area contributed by atoms with E-state index in [1.807, 2.05) is 0 Å². The lowest BCUT2D eigenvalue weighted by molar-refractivity contribution is 0.158. The molecule has 1 aromatic carbocycles. The quantitative estimate of drug-likeness (QED) is 0.818. The molecule has 2 N–H and O–H groups in total. The molecule has 5 heteroatoms. The molecule has 0 aliphatic carbocycles. The third kappa shape index (κ3) is 3.63. The molecule has 2 atom stereocenters. The van der Waals surface area contributed by atoms with Gasteiger partial charge < -0.3 is 10.4 Å². The Kier molecular flexibility index (Phi) is 5.55. The zero-order chi connectivity index (χ0) is 10.7. The summed E-state index contributed by atoms with van der Waals surface area (Å²) in [6, 6.07) is 6.47. The third-order valence-electron chi connectivity index (χ3n) is 2.58. The Morgan fingerprint density at radius 2 is 2.00 bits per heavy atom. The van der Waals surface area contributed by atoms with Gasteiger partial charge in [0.2, 0.25) is 0 Å². The van der Waals surface area contributed by atoms with Gasteiger partial charge in [0.1, 0.15) is 5.82 Å². The second-order valence-corrected chi connectivity index (χ2v) is 4.84. The second kappa shape index (κ2) is 6.45. The highest BCUT2D eigenvalue weighted by molar-refractivity contribution is 7.99. The van der Waals surface area contributed by atoms with Gasteiger partial charge in [-0.1, -0.05) is 0 Å². The van der Waals surface area contributed by atoms with Crippen LogP contribution in [0.15, 0.2) is 29.2 Å². The van der Waals surface area contributed by atoms with Gasteiger partial charge in [0.15, 0.2) is 0 Å². The average molecular weight is 264 g/mol. The van der Waals surface area contributed by atoms with Crippen LogP contribution in [0.2, 0.25) is 0 Å². The van der Waals surface area contributed by atoms with Gasteiger partial charge in [-0.15, -0.1) is 24.2 Å². The summed E-state index contributed by atoms with van der Waals surface area (Å²) in [6.45, 7) is 1.56. The monoisotopic (exact) mass is 263 g/mol. The summed E-state index contributed by atoms with van der Waals surface area (Å²) in [5.41, 5.74) is 0. The smallest absolute Gasteiger partial charge is 0.123 e. The number of aliphatic hydroxyl groups excluding tert-OH is 1. The van der Waals surface area contributed by atoms with Crippen LogP contribution in [0.3, 0.4) is 0 Å². The first kappa shape index (κ1) is 13.8. The summed E-state index contributed by atoms with van der Waals surface area (Å²) in [4.78, 5) is 1.05. The van der Waals surface area contributed by atoms with Crippen molar-refractivity contribution < 1.29 is 9.50 Å². The summed E-state index contributed by atoms with van der Waals surface area (Å²) >= 11 is 1.66. The molecule has 1 fully saturated rings. The number of nitrogens with one attached hydrogen (secondary N) is 1. The molecule has 0 spiro atoms. The maximum atomic E-state index is 12.6. The minimum atomic E-state index is -0.238. The Bertz CT molecular complexity index is 322. The number of hydrogen-bond acceptors (Lipinski definition) is 3. The summed E-state index contributed by atoms with van der Waals surface area (Å²) < 4.78 is 12.6. The molecule has 2 rings (SSSR count). The van der Waals surface area contributed by atoms with Crippen LogP contribution in [0.1, 0.15) is 0 Å². The summed E-state index contributed by atoms with van der Waals surface area (Å²) in [5, 5.41) is 12.7. The Hall–Kier alpha value is -0.290. The molecule has 0 amide bonds. The highest BCUT2D eigenvalue weighted by atomic mass is 35.5. The number of thioether (sulfide) groups is 1. The van der Waals surface area contributed by atoms with Crippen molar-refractivity contribution in [3.8, 4) is 0 Å². The van der Waals surface area contributed by atoms with Gasteiger partial charge in [-0.25, -0.2) is 4.39 Å². The second-order valence-electron chi connectivity index (χ2n) is 3.75. The minimum absolute atomic E-state index is 0. The maximum absolute atomic E-state index is 12.6. The predicted octanol–water partition coefficient (Wildman–Crippen LogP) is 1.92. The van der Waals surface area contributed by atoms with Crippen LogP contribution in [0.5, 0.6) is 0 Å². The highest BCUT2D eigenvalue weighted by Gasteiger charge is 2.24. The standard InChI is InChI=1S/C11H14FNOS.ClH/c12-9-1-3-10(4-2-9)15-7-8-5-13-6-11(8)14;/h1-4,8,11,13-14H,5-7H2;1H/t8-,11+;/m1./s1. The maximum Gasteiger partial charge on any atom is 0.123 e. The van der Waals surface area contributed by atoms with Gasteiger partial charge in [0.05, 0.1) is 6.10 Å². The molecule has 0 radical (unpaired) electrons. The van der Waals surface area contributed by atoms with Gasteiger partial charge in [0, 0.05) is 29.7 Å². The lowest BCUT2D eigenvalue weighted by Gasteiger charge is -2.12. The molecular formula is C11H15ClFNOS. The molecule has 0 unspecified atom stereocenters. The largest absolute Gasteiger partial charge is 0.391 e. The Balaban J connectivity index is 0.00000128. The summed E-state index contributed by atoms with van der Waals surface area (Å²) in [6.07, 6.45) is -0.238. The van der Waals surface area contributed by atoms with Crippen LogP contribution in [0, 0.1) is 11.7 Å². The number of rotatable bonds is 3. The van der Waals surface area contributed by atoms with E-state index >= 15 is 0 Å². The molecule has 1 aliphatic rings. The third-order valence-corrected chi connectivity index (χ3v) is 3.78. The zero-order valence-corrected chi connectivity index (χ0v) is 10.4. The fourth-order valence-corrected chi connectivity index (χ4v) is 2.70. The fraction of sp³-hybridized carbons (Fsp3) is 0.455. The van der Waals surface area contributed by atoms with E-state index in [0.29, 0.717) is 12.5 Å². The minimum Gasteiger partial charge on any atom is -0.391 e. The van der Waals surface area contributed by atoms with Gasteiger partial charge in [-0.3, -0.25) is 0 Å². The van der Waals surface area contributed by atoms with Crippen molar-refractivity contribution in [3.63, 3.8) is 0 Å². The van der Waals surface area contributed by atoms with Gasteiger partial charge in [-0.05, 0) is 24.3 Å². The van der Waals surface area contributed by atoms with Crippen molar-refractivity contribution in [1.82, 2.24) is 5.32 Å². The Morgan fingerprint density at radius 1 is 1.31 bits per heavy atom. The zero-order valence-electron chi connectivity index (χ0n) is 8.73. The van der Waals surface area contributed by atoms with E-state index in [2.05, 4.69) is 5.32 Å². The lowest BCUT2D eigenvalue weighted by Crippen LogP contribution is -2.19. The first-order chi connectivity index (χ1) is 7.25.